The van der Waals surface area contributed by atoms with Crippen LogP contribution in [0, 0.1) is 5.82 Å². The van der Waals surface area contributed by atoms with Gasteiger partial charge < -0.3 is 14.8 Å². The number of anilines is 1. The molecule has 0 heterocycles. The second-order valence-corrected chi connectivity index (χ2v) is 6.92. The fraction of sp³-hybridized carbons (Fsp3) is 0.263. The third kappa shape index (κ3) is 6.77. The second kappa shape index (κ2) is 10.2. The third-order valence-electron chi connectivity index (χ3n) is 3.36. The number of halogens is 2. The van der Waals surface area contributed by atoms with Gasteiger partial charge in [-0.3, -0.25) is 9.59 Å². The van der Waals surface area contributed by atoms with E-state index in [-0.39, 0.29) is 16.5 Å². The maximum atomic E-state index is 13.7. The van der Waals surface area contributed by atoms with Crippen LogP contribution in [-0.2, 0) is 14.3 Å². The van der Waals surface area contributed by atoms with Crippen LogP contribution in [0.25, 0.3) is 0 Å². The standard InChI is InChI=1S/C19H19ClFNO4S/c1-3-25-14-5-7-15(8-6-14)27-11-18(23)26-12(2)19(24)22-17-9-4-13(20)10-16(17)21/h4-10,12H,3,11H2,1-2H3,(H,22,24)/t12-/m0/s1. The van der Waals surface area contributed by atoms with Crippen LogP contribution in [0.4, 0.5) is 10.1 Å². The van der Waals surface area contributed by atoms with Gasteiger partial charge in [-0.15, -0.1) is 11.8 Å². The average Bonchev–Trinajstić information content (AvgIpc) is 2.63. The van der Waals surface area contributed by atoms with E-state index < -0.39 is 23.8 Å². The molecule has 0 saturated heterocycles. The van der Waals surface area contributed by atoms with Crippen molar-refractivity contribution in [2.75, 3.05) is 17.7 Å². The van der Waals surface area contributed by atoms with Crippen molar-refractivity contribution in [3.8, 4) is 5.75 Å². The maximum absolute atomic E-state index is 13.7. The van der Waals surface area contributed by atoms with E-state index in [1.54, 1.807) is 0 Å². The van der Waals surface area contributed by atoms with Crippen molar-refractivity contribution in [2.45, 2.75) is 24.8 Å². The molecule has 27 heavy (non-hydrogen) atoms. The zero-order valence-corrected chi connectivity index (χ0v) is 16.4. The average molecular weight is 412 g/mol. The SMILES string of the molecule is CCOc1ccc(SCC(=O)O[C@@H](C)C(=O)Nc2ccc(Cl)cc2F)cc1. The molecule has 0 unspecified atom stereocenters. The Balaban J connectivity index is 1.81. The van der Waals surface area contributed by atoms with Crippen LogP contribution in [-0.4, -0.2) is 30.3 Å². The summed E-state index contributed by atoms with van der Waals surface area (Å²) in [6.07, 6.45) is -1.06. The fourth-order valence-corrected chi connectivity index (χ4v) is 2.89. The number of ether oxygens (including phenoxy) is 2. The summed E-state index contributed by atoms with van der Waals surface area (Å²) in [7, 11) is 0. The van der Waals surface area contributed by atoms with Gasteiger partial charge in [0.1, 0.15) is 11.6 Å². The maximum Gasteiger partial charge on any atom is 0.317 e. The lowest BCUT2D eigenvalue weighted by Crippen LogP contribution is -2.30. The number of amides is 1. The minimum absolute atomic E-state index is 0.0314. The van der Waals surface area contributed by atoms with Gasteiger partial charge in [0.05, 0.1) is 18.0 Å². The normalized spacial score (nSPS) is 11.6. The first-order chi connectivity index (χ1) is 12.9. The first-order valence-corrected chi connectivity index (χ1v) is 9.56. The highest BCUT2D eigenvalue weighted by Gasteiger charge is 2.19. The van der Waals surface area contributed by atoms with Gasteiger partial charge in [0.15, 0.2) is 6.10 Å². The number of nitrogens with one attached hydrogen (secondary N) is 1. The molecule has 0 aliphatic carbocycles. The summed E-state index contributed by atoms with van der Waals surface area (Å²) in [5, 5.41) is 2.58. The Morgan fingerprint density at radius 2 is 1.93 bits per heavy atom. The van der Waals surface area contributed by atoms with Gasteiger partial charge in [0.2, 0.25) is 0 Å². The molecular formula is C19H19ClFNO4S. The molecule has 0 fully saturated rings. The summed E-state index contributed by atoms with van der Waals surface area (Å²) in [6.45, 7) is 3.90. The molecule has 2 aromatic rings. The van der Waals surface area contributed by atoms with Crippen molar-refractivity contribution in [1.29, 1.82) is 0 Å². The summed E-state index contributed by atoms with van der Waals surface area (Å²) in [5.74, 6) is -1.05. The van der Waals surface area contributed by atoms with E-state index in [1.165, 1.54) is 30.8 Å². The lowest BCUT2D eigenvalue weighted by molar-refractivity contribution is -0.150. The highest BCUT2D eigenvalue weighted by molar-refractivity contribution is 8.00. The van der Waals surface area contributed by atoms with Gasteiger partial charge >= 0.3 is 5.97 Å². The molecule has 0 saturated carbocycles. The predicted octanol–water partition coefficient (Wildman–Crippen LogP) is 4.54. The summed E-state index contributed by atoms with van der Waals surface area (Å²) in [4.78, 5) is 24.8. The number of esters is 1. The molecule has 0 aliphatic rings. The lowest BCUT2D eigenvalue weighted by Gasteiger charge is -2.14. The molecular weight excluding hydrogens is 393 g/mol. The van der Waals surface area contributed by atoms with Crippen molar-refractivity contribution >= 4 is 40.9 Å². The number of hydrogen-bond donors (Lipinski definition) is 1. The van der Waals surface area contributed by atoms with E-state index in [0.717, 1.165) is 16.7 Å². The van der Waals surface area contributed by atoms with Gasteiger partial charge in [-0.25, -0.2) is 4.39 Å². The Labute approximate surface area is 166 Å². The number of thioether (sulfide) groups is 1. The molecule has 0 spiro atoms. The summed E-state index contributed by atoms with van der Waals surface area (Å²) < 4.78 is 24.1. The lowest BCUT2D eigenvalue weighted by atomic mass is 10.3. The molecule has 2 aromatic carbocycles. The molecule has 5 nitrogen and oxygen atoms in total. The molecule has 1 N–H and O–H groups in total. The van der Waals surface area contributed by atoms with Crippen LogP contribution in [0.3, 0.4) is 0 Å². The van der Waals surface area contributed by atoms with E-state index in [9.17, 15) is 14.0 Å². The number of carbonyl (C=O) groups excluding carboxylic acids is 2. The highest BCUT2D eigenvalue weighted by Crippen LogP contribution is 2.22. The smallest absolute Gasteiger partial charge is 0.317 e. The zero-order valence-electron chi connectivity index (χ0n) is 14.8. The Morgan fingerprint density at radius 1 is 1.22 bits per heavy atom. The van der Waals surface area contributed by atoms with Crippen LogP contribution < -0.4 is 10.1 Å². The number of benzene rings is 2. The summed E-state index contributed by atoms with van der Waals surface area (Å²) in [6, 6.07) is 11.2. The van der Waals surface area contributed by atoms with E-state index in [4.69, 9.17) is 21.1 Å². The van der Waals surface area contributed by atoms with Gasteiger partial charge in [-0.2, -0.15) is 0 Å². The van der Waals surface area contributed by atoms with Gasteiger partial charge in [0.25, 0.3) is 5.91 Å². The Hall–Kier alpha value is -2.25. The van der Waals surface area contributed by atoms with Crippen molar-refractivity contribution in [3.05, 3.63) is 53.3 Å². The van der Waals surface area contributed by atoms with E-state index in [2.05, 4.69) is 5.32 Å². The molecule has 0 aromatic heterocycles. The molecule has 1 atom stereocenters. The Morgan fingerprint density at radius 3 is 2.56 bits per heavy atom. The largest absolute Gasteiger partial charge is 0.494 e. The van der Waals surface area contributed by atoms with Crippen molar-refractivity contribution < 1.29 is 23.5 Å². The monoisotopic (exact) mass is 411 g/mol. The van der Waals surface area contributed by atoms with E-state index in [1.807, 2.05) is 31.2 Å². The minimum Gasteiger partial charge on any atom is -0.494 e. The highest BCUT2D eigenvalue weighted by atomic mass is 35.5. The van der Waals surface area contributed by atoms with Crippen molar-refractivity contribution in [1.82, 2.24) is 0 Å². The fourth-order valence-electron chi connectivity index (χ4n) is 2.05. The summed E-state index contributed by atoms with van der Waals surface area (Å²) in [5.41, 5.74) is -0.0314. The zero-order chi connectivity index (χ0) is 19.8. The van der Waals surface area contributed by atoms with Crippen LogP contribution >= 0.6 is 23.4 Å². The molecule has 8 heteroatoms. The Bertz CT molecular complexity index is 801. The molecule has 0 radical (unpaired) electrons. The molecule has 0 bridgehead atoms. The van der Waals surface area contributed by atoms with Gasteiger partial charge in [-0.1, -0.05) is 11.6 Å². The predicted molar refractivity (Wildman–Crippen MR) is 104 cm³/mol. The second-order valence-electron chi connectivity index (χ2n) is 5.44. The van der Waals surface area contributed by atoms with Crippen LogP contribution in [0.15, 0.2) is 47.4 Å². The van der Waals surface area contributed by atoms with Gasteiger partial charge in [0, 0.05) is 9.92 Å². The quantitative estimate of drug-likeness (QED) is 0.510. The summed E-state index contributed by atoms with van der Waals surface area (Å²) >= 11 is 6.94. The van der Waals surface area contributed by atoms with E-state index >= 15 is 0 Å². The Kier molecular flexibility index (Phi) is 7.94. The first kappa shape index (κ1) is 21.1. The number of hydrogen-bond acceptors (Lipinski definition) is 5. The molecule has 1 amide bonds. The molecule has 2 rings (SSSR count). The number of carbonyl (C=O) groups is 2. The topological polar surface area (TPSA) is 64.6 Å². The molecule has 144 valence electrons. The van der Waals surface area contributed by atoms with Crippen LogP contribution in [0.1, 0.15) is 13.8 Å². The van der Waals surface area contributed by atoms with Crippen LogP contribution in [0.5, 0.6) is 5.75 Å². The first-order valence-electron chi connectivity index (χ1n) is 8.20. The van der Waals surface area contributed by atoms with E-state index in [0.29, 0.717) is 6.61 Å². The molecule has 0 aliphatic heterocycles. The third-order valence-corrected chi connectivity index (χ3v) is 4.58. The van der Waals surface area contributed by atoms with Crippen molar-refractivity contribution in [2.24, 2.45) is 0 Å². The van der Waals surface area contributed by atoms with Gasteiger partial charge in [-0.05, 0) is 56.3 Å². The van der Waals surface area contributed by atoms with Crippen LogP contribution in [0.2, 0.25) is 5.02 Å². The van der Waals surface area contributed by atoms with Crippen molar-refractivity contribution in [3.63, 3.8) is 0 Å². The minimum atomic E-state index is -1.06. The number of rotatable bonds is 8.